The van der Waals surface area contributed by atoms with Gasteiger partial charge in [0.25, 0.3) is 0 Å². The van der Waals surface area contributed by atoms with Gasteiger partial charge < -0.3 is 19.2 Å². The van der Waals surface area contributed by atoms with E-state index >= 15 is 0 Å². The van der Waals surface area contributed by atoms with Crippen LogP contribution in [0.25, 0.3) is 0 Å². The summed E-state index contributed by atoms with van der Waals surface area (Å²) >= 11 is 14.6. The Kier molecular flexibility index (Phi) is 7.98. The molecule has 3 N–H and O–H groups in total. The molecule has 0 fully saturated rings. The first kappa shape index (κ1) is 25.4. The minimum Gasteiger partial charge on any atom is -0.467 e. The second-order valence-corrected chi connectivity index (χ2v) is 10.1. The van der Waals surface area contributed by atoms with Gasteiger partial charge in [0.05, 0.1) is 34.5 Å². The summed E-state index contributed by atoms with van der Waals surface area (Å²) in [4.78, 5) is 23.6. The van der Waals surface area contributed by atoms with E-state index in [0.29, 0.717) is 5.76 Å². The first-order valence-corrected chi connectivity index (χ1v) is 11.5. The molecule has 31 heavy (non-hydrogen) atoms. The Hall–Kier alpha value is -1.86. The molecule has 0 amide bonds. The van der Waals surface area contributed by atoms with Crippen LogP contribution in [0.3, 0.4) is 0 Å². The summed E-state index contributed by atoms with van der Waals surface area (Å²) < 4.78 is 39.2. The number of ether oxygens (including phenoxy) is 2. The molecular weight excluding hydrogens is 488 g/mol. The van der Waals surface area contributed by atoms with Crippen LogP contribution in [0.2, 0.25) is 5.02 Å². The number of hydrogen-bond acceptors (Lipinski definition) is 10. The van der Waals surface area contributed by atoms with Crippen LogP contribution in [-0.2, 0) is 30.8 Å². The Bertz CT molecular complexity index is 1090. The zero-order valence-electron chi connectivity index (χ0n) is 16.8. The van der Waals surface area contributed by atoms with E-state index in [-0.39, 0.29) is 32.6 Å². The molecule has 0 aliphatic rings. The molecular formula is C18H21ClN2O7S3. The van der Waals surface area contributed by atoms with Crippen LogP contribution in [0.4, 0.5) is 5.69 Å². The molecule has 0 atom stereocenters. The molecule has 1 aromatic carbocycles. The highest BCUT2D eigenvalue weighted by Gasteiger charge is 2.31. The van der Waals surface area contributed by atoms with Gasteiger partial charge in [-0.25, -0.2) is 18.4 Å². The summed E-state index contributed by atoms with van der Waals surface area (Å²) in [5.74, 6) is -1.12. The van der Waals surface area contributed by atoms with Crippen molar-refractivity contribution >= 4 is 64.5 Å². The molecule has 0 saturated carbocycles. The van der Waals surface area contributed by atoms with Crippen LogP contribution in [0.5, 0.6) is 0 Å². The van der Waals surface area contributed by atoms with E-state index in [1.807, 2.05) is 0 Å². The van der Waals surface area contributed by atoms with Crippen molar-refractivity contribution in [2.75, 3.05) is 12.1 Å². The third kappa shape index (κ3) is 6.10. The number of rotatable bonds is 7. The predicted octanol–water partition coefficient (Wildman–Crippen LogP) is 3.47. The van der Waals surface area contributed by atoms with Gasteiger partial charge in [-0.3, -0.25) is 4.79 Å². The molecule has 0 aliphatic carbocycles. The monoisotopic (exact) mass is 508 g/mol. The number of benzene rings is 1. The second-order valence-electron chi connectivity index (χ2n) is 7.30. The van der Waals surface area contributed by atoms with Crippen LogP contribution < -0.4 is 10.5 Å². The summed E-state index contributed by atoms with van der Waals surface area (Å²) in [6, 6.07) is 3.34. The topological polar surface area (TPSA) is 138 Å². The summed E-state index contributed by atoms with van der Waals surface area (Å²) in [7, 11) is -4.37. The Morgan fingerprint density at radius 3 is 2.39 bits per heavy atom. The standard InChI is InChI=1S/C18H21ClN2O7S3/c1-18(2,3)17(23)28-8-27-16(22)10-12(21-7-9-5-4-6-26-9)14(30)11(19)15(13(10)29)31(20,24)25/h4-6,21,29-30H,7-8H2,1-3H3,(H2,20,24,25). The highest BCUT2D eigenvalue weighted by molar-refractivity contribution is 7.90. The van der Waals surface area contributed by atoms with Crippen molar-refractivity contribution in [1.29, 1.82) is 0 Å². The quantitative estimate of drug-likeness (QED) is 0.253. The van der Waals surface area contributed by atoms with Crippen molar-refractivity contribution in [3.63, 3.8) is 0 Å². The third-order valence-electron chi connectivity index (χ3n) is 3.85. The van der Waals surface area contributed by atoms with E-state index in [1.165, 1.54) is 6.26 Å². The Morgan fingerprint density at radius 2 is 1.87 bits per heavy atom. The van der Waals surface area contributed by atoms with Gasteiger partial charge in [0.1, 0.15) is 10.7 Å². The van der Waals surface area contributed by atoms with Crippen molar-refractivity contribution < 1.29 is 31.9 Å². The first-order valence-electron chi connectivity index (χ1n) is 8.66. The van der Waals surface area contributed by atoms with Gasteiger partial charge in [-0.2, -0.15) is 0 Å². The lowest BCUT2D eigenvalue weighted by Crippen LogP contribution is -2.25. The van der Waals surface area contributed by atoms with E-state index in [4.69, 9.17) is 30.6 Å². The van der Waals surface area contributed by atoms with Gasteiger partial charge in [-0.1, -0.05) is 11.6 Å². The average molecular weight is 509 g/mol. The van der Waals surface area contributed by atoms with E-state index in [2.05, 4.69) is 30.6 Å². The number of halogens is 1. The molecule has 0 saturated heterocycles. The normalized spacial score (nSPS) is 11.8. The minimum atomic E-state index is -4.37. The van der Waals surface area contributed by atoms with Crippen LogP contribution >= 0.6 is 36.9 Å². The third-order valence-corrected chi connectivity index (χ3v) is 6.49. The lowest BCUT2D eigenvalue weighted by atomic mass is 9.98. The zero-order chi connectivity index (χ0) is 23.6. The van der Waals surface area contributed by atoms with Gasteiger partial charge in [0.15, 0.2) is 0 Å². The van der Waals surface area contributed by atoms with Crippen LogP contribution in [0.1, 0.15) is 36.9 Å². The Morgan fingerprint density at radius 1 is 1.23 bits per heavy atom. The van der Waals surface area contributed by atoms with Gasteiger partial charge in [-0.15, -0.1) is 25.3 Å². The lowest BCUT2D eigenvalue weighted by Gasteiger charge is -2.20. The van der Waals surface area contributed by atoms with Gasteiger partial charge in [0, 0.05) is 9.79 Å². The number of furan rings is 1. The molecule has 2 rings (SSSR count). The largest absolute Gasteiger partial charge is 0.467 e. The molecule has 0 radical (unpaired) electrons. The molecule has 0 bridgehead atoms. The maximum atomic E-state index is 12.8. The van der Waals surface area contributed by atoms with E-state index in [0.717, 1.165) is 0 Å². The minimum absolute atomic E-state index is 0.0364. The maximum absolute atomic E-state index is 12.8. The average Bonchev–Trinajstić information content (AvgIpc) is 3.14. The molecule has 1 aromatic heterocycles. The van der Waals surface area contributed by atoms with Gasteiger partial charge in [0.2, 0.25) is 16.8 Å². The fourth-order valence-electron chi connectivity index (χ4n) is 2.32. The van der Waals surface area contributed by atoms with Crippen molar-refractivity contribution in [3.05, 3.63) is 34.7 Å². The lowest BCUT2D eigenvalue weighted by molar-refractivity contribution is -0.161. The van der Waals surface area contributed by atoms with Gasteiger partial charge in [-0.05, 0) is 32.9 Å². The van der Waals surface area contributed by atoms with Crippen LogP contribution in [0.15, 0.2) is 37.5 Å². The second kappa shape index (κ2) is 9.74. The van der Waals surface area contributed by atoms with Crippen LogP contribution in [-0.4, -0.2) is 27.1 Å². The number of carbonyl (C=O) groups excluding carboxylic acids is 2. The number of primary sulfonamides is 1. The molecule has 13 heteroatoms. The first-order chi connectivity index (χ1) is 14.2. The molecule has 2 aromatic rings. The highest BCUT2D eigenvalue weighted by Crippen LogP contribution is 2.42. The number of esters is 2. The number of hydrogen-bond donors (Lipinski definition) is 4. The summed E-state index contributed by atoms with van der Waals surface area (Å²) in [5.41, 5.74) is -1.08. The smallest absolute Gasteiger partial charge is 0.344 e. The summed E-state index contributed by atoms with van der Waals surface area (Å²) in [5, 5.41) is 7.81. The number of nitrogens with one attached hydrogen (secondary N) is 1. The van der Waals surface area contributed by atoms with Crippen molar-refractivity contribution in [2.24, 2.45) is 10.6 Å². The molecule has 170 valence electrons. The van der Waals surface area contributed by atoms with Gasteiger partial charge >= 0.3 is 11.9 Å². The zero-order valence-corrected chi connectivity index (χ0v) is 20.1. The summed E-state index contributed by atoms with van der Waals surface area (Å²) in [6.45, 7) is 4.30. The van der Waals surface area contributed by atoms with E-state index in [1.54, 1.807) is 32.9 Å². The SMILES string of the molecule is CC(C)(C)C(=O)OCOC(=O)c1c(S)c(S(N)(=O)=O)c(Cl)c(S)c1NCc1ccco1. The van der Waals surface area contributed by atoms with Crippen molar-refractivity contribution in [3.8, 4) is 0 Å². The number of anilines is 1. The summed E-state index contributed by atoms with van der Waals surface area (Å²) in [6.07, 6.45) is 1.46. The van der Waals surface area contributed by atoms with Crippen LogP contribution in [0, 0.1) is 5.41 Å². The Labute approximate surface area is 195 Å². The number of sulfonamides is 1. The van der Waals surface area contributed by atoms with E-state index < -0.39 is 39.1 Å². The fraction of sp³-hybridized carbons (Fsp3) is 0.333. The van der Waals surface area contributed by atoms with Crippen molar-refractivity contribution in [2.45, 2.75) is 42.0 Å². The number of nitrogens with two attached hydrogens (primary N) is 1. The maximum Gasteiger partial charge on any atom is 0.344 e. The molecule has 1 heterocycles. The molecule has 9 nitrogen and oxygen atoms in total. The molecule has 0 unspecified atom stereocenters. The van der Waals surface area contributed by atoms with Crippen molar-refractivity contribution in [1.82, 2.24) is 0 Å². The molecule has 0 spiro atoms. The highest BCUT2D eigenvalue weighted by atomic mass is 35.5. The number of carbonyl (C=O) groups is 2. The molecule has 0 aliphatic heterocycles. The number of thiol groups is 2. The Balaban J connectivity index is 2.44. The predicted molar refractivity (Wildman–Crippen MR) is 119 cm³/mol. The van der Waals surface area contributed by atoms with E-state index in [9.17, 15) is 18.0 Å². The fourth-order valence-corrected chi connectivity index (χ4v) is 4.69.